The van der Waals surface area contributed by atoms with E-state index in [1.54, 1.807) is 0 Å². The monoisotopic (exact) mass is 315 g/mol. The predicted molar refractivity (Wildman–Crippen MR) is 87.1 cm³/mol. The fraction of sp³-hybridized carbons (Fsp3) is 0.769. The number of carboxylic acid groups (broad SMARTS) is 1. The van der Waals surface area contributed by atoms with E-state index >= 15 is 0 Å². The molecule has 1 atom stereocenters. The number of guanidine groups is 1. The molecule has 0 aromatic carbocycles. The number of thiocarbonyl (C=S) groups is 1. The summed E-state index contributed by atoms with van der Waals surface area (Å²) in [6.07, 6.45) is 6.82. The number of aliphatic imine (C=N–C) groups is 1. The van der Waals surface area contributed by atoms with Crippen molar-refractivity contribution in [1.29, 1.82) is 0 Å². The lowest BCUT2D eigenvalue weighted by atomic mass is 9.96. The molecular formula is C13H25N5O2S. The van der Waals surface area contributed by atoms with Crippen LogP contribution in [-0.4, -0.2) is 40.8 Å². The zero-order valence-electron chi connectivity index (χ0n) is 12.2. The van der Waals surface area contributed by atoms with Gasteiger partial charge in [0, 0.05) is 12.6 Å². The normalized spacial score (nSPS) is 16.8. The number of carboxylic acids is 1. The molecule has 0 radical (unpaired) electrons. The van der Waals surface area contributed by atoms with Crippen LogP contribution >= 0.6 is 12.2 Å². The molecule has 1 fully saturated rings. The highest BCUT2D eigenvalue weighted by Gasteiger charge is 2.20. The van der Waals surface area contributed by atoms with E-state index in [1.807, 2.05) is 0 Å². The van der Waals surface area contributed by atoms with E-state index in [1.165, 1.54) is 19.3 Å². The smallest absolute Gasteiger partial charge is 0.326 e. The first-order valence-electron chi connectivity index (χ1n) is 7.34. The molecule has 0 bridgehead atoms. The maximum atomic E-state index is 11.2. The number of nitrogens with two attached hydrogens (primary N) is 2. The van der Waals surface area contributed by atoms with Gasteiger partial charge in [-0.2, -0.15) is 0 Å². The van der Waals surface area contributed by atoms with Gasteiger partial charge in [-0.05, 0) is 37.9 Å². The Balaban J connectivity index is 2.33. The van der Waals surface area contributed by atoms with Gasteiger partial charge in [-0.3, -0.25) is 4.99 Å². The first-order valence-corrected chi connectivity index (χ1v) is 7.75. The molecule has 0 aromatic rings. The third-order valence-electron chi connectivity index (χ3n) is 3.49. The van der Waals surface area contributed by atoms with E-state index in [2.05, 4.69) is 15.6 Å². The van der Waals surface area contributed by atoms with Crippen LogP contribution in [0.2, 0.25) is 0 Å². The van der Waals surface area contributed by atoms with Crippen molar-refractivity contribution in [3.05, 3.63) is 0 Å². The predicted octanol–water partition coefficient (Wildman–Crippen LogP) is 0.290. The van der Waals surface area contributed by atoms with Crippen LogP contribution in [0.15, 0.2) is 4.99 Å². The van der Waals surface area contributed by atoms with Crippen molar-refractivity contribution in [3.63, 3.8) is 0 Å². The van der Waals surface area contributed by atoms with E-state index in [0.29, 0.717) is 30.5 Å². The summed E-state index contributed by atoms with van der Waals surface area (Å²) in [6.45, 7) is 0.413. The highest BCUT2D eigenvalue weighted by molar-refractivity contribution is 7.80. The highest BCUT2D eigenvalue weighted by Crippen LogP contribution is 2.17. The number of nitrogens with one attached hydrogen (secondary N) is 2. The summed E-state index contributed by atoms with van der Waals surface area (Å²) in [7, 11) is 0. The minimum Gasteiger partial charge on any atom is -0.480 e. The quantitative estimate of drug-likeness (QED) is 0.198. The van der Waals surface area contributed by atoms with E-state index in [0.717, 1.165) is 12.8 Å². The van der Waals surface area contributed by atoms with E-state index in [4.69, 9.17) is 23.7 Å². The standard InChI is InChI=1S/C13H25N5O2S/c14-12(15)16-8-4-7-10(11(19)20)18-13(21)17-9-5-2-1-3-6-9/h9-10H,1-8H2,(H,19,20)(H4,14,15,16)(H2,17,18,21)/t10-/m1/s1. The summed E-state index contributed by atoms with van der Waals surface area (Å²) in [4.78, 5) is 15.1. The zero-order valence-corrected chi connectivity index (χ0v) is 13.0. The Hall–Kier alpha value is -1.57. The molecule has 1 rings (SSSR count). The van der Waals surface area contributed by atoms with Crippen LogP contribution in [0.25, 0.3) is 0 Å². The van der Waals surface area contributed by atoms with Crippen LogP contribution < -0.4 is 22.1 Å². The van der Waals surface area contributed by atoms with Crippen molar-refractivity contribution in [1.82, 2.24) is 10.6 Å². The maximum Gasteiger partial charge on any atom is 0.326 e. The molecule has 0 aromatic heterocycles. The van der Waals surface area contributed by atoms with Gasteiger partial charge in [-0.1, -0.05) is 19.3 Å². The topological polar surface area (TPSA) is 126 Å². The summed E-state index contributed by atoms with van der Waals surface area (Å²) in [5.41, 5.74) is 10.4. The Bertz CT molecular complexity index is 379. The summed E-state index contributed by atoms with van der Waals surface area (Å²) < 4.78 is 0. The summed E-state index contributed by atoms with van der Waals surface area (Å²) in [6, 6.07) is -0.363. The van der Waals surface area contributed by atoms with Crippen LogP contribution in [-0.2, 0) is 4.79 Å². The average molecular weight is 315 g/mol. The second-order valence-electron chi connectivity index (χ2n) is 5.29. The first-order chi connectivity index (χ1) is 9.99. The first kappa shape index (κ1) is 17.5. The second kappa shape index (κ2) is 9.38. The van der Waals surface area contributed by atoms with Crippen molar-refractivity contribution < 1.29 is 9.90 Å². The molecule has 120 valence electrons. The van der Waals surface area contributed by atoms with Crippen molar-refractivity contribution in [2.75, 3.05) is 6.54 Å². The molecule has 21 heavy (non-hydrogen) atoms. The third kappa shape index (κ3) is 7.69. The SMILES string of the molecule is NC(N)=NCCC[C@@H](NC(=S)NC1CCCCC1)C(=O)O. The molecular weight excluding hydrogens is 290 g/mol. The average Bonchev–Trinajstić information content (AvgIpc) is 2.42. The number of hydrogen-bond donors (Lipinski definition) is 5. The van der Waals surface area contributed by atoms with E-state index in [-0.39, 0.29) is 5.96 Å². The molecule has 0 spiro atoms. The highest BCUT2D eigenvalue weighted by atomic mass is 32.1. The van der Waals surface area contributed by atoms with Gasteiger partial charge in [-0.25, -0.2) is 4.79 Å². The molecule has 1 aliphatic carbocycles. The summed E-state index contributed by atoms with van der Waals surface area (Å²) >= 11 is 5.20. The number of rotatable bonds is 7. The molecule has 0 amide bonds. The lowest BCUT2D eigenvalue weighted by molar-refractivity contribution is -0.139. The van der Waals surface area contributed by atoms with Gasteiger partial charge in [-0.15, -0.1) is 0 Å². The lowest BCUT2D eigenvalue weighted by Crippen LogP contribution is -2.49. The van der Waals surface area contributed by atoms with Gasteiger partial charge < -0.3 is 27.2 Å². The van der Waals surface area contributed by atoms with Crippen LogP contribution in [0.5, 0.6) is 0 Å². The van der Waals surface area contributed by atoms with E-state index < -0.39 is 12.0 Å². The van der Waals surface area contributed by atoms with Crippen molar-refractivity contribution in [2.45, 2.75) is 57.0 Å². The van der Waals surface area contributed by atoms with Crippen LogP contribution in [0.1, 0.15) is 44.9 Å². The Morgan fingerprint density at radius 1 is 1.33 bits per heavy atom. The molecule has 1 aliphatic rings. The molecule has 7 nitrogen and oxygen atoms in total. The molecule has 0 saturated heterocycles. The fourth-order valence-electron chi connectivity index (χ4n) is 2.39. The van der Waals surface area contributed by atoms with Gasteiger partial charge in [0.2, 0.25) is 0 Å². The van der Waals surface area contributed by atoms with Gasteiger partial charge in [0.15, 0.2) is 11.1 Å². The molecule has 0 heterocycles. The van der Waals surface area contributed by atoms with Gasteiger partial charge in [0.1, 0.15) is 6.04 Å². The minimum atomic E-state index is -0.924. The molecule has 7 N–H and O–H groups in total. The Morgan fingerprint density at radius 2 is 2.00 bits per heavy atom. The lowest BCUT2D eigenvalue weighted by Gasteiger charge is -2.25. The number of hydrogen-bond acceptors (Lipinski definition) is 3. The number of aliphatic carboxylic acids is 1. The van der Waals surface area contributed by atoms with Crippen molar-refractivity contribution >= 4 is 29.3 Å². The van der Waals surface area contributed by atoms with Gasteiger partial charge in [0.05, 0.1) is 0 Å². The van der Waals surface area contributed by atoms with Crippen molar-refractivity contribution in [2.24, 2.45) is 16.5 Å². The molecule has 1 saturated carbocycles. The summed E-state index contributed by atoms with van der Waals surface area (Å²) in [5, 5.41) is 15.7. The Labute approximate surface area is 130 Å². The van der Waals surface area contributed by atoms with Gasteiger partial charge >= 0.3 is 5.97 Å². The summed E-state index contributed by atoms with van der Waals surface area (Å²) in [5.74, 6) is -0.906. The molecule has 0 unspecified atom stereocenters. The second-order valence-corrected chi connectivity index (χ2v) is 5.70. The Kier molecular flexibility index (Phi) is 7.81. The molecule has 0 aliphatic heterocycles. The zero-order chi connectivity index (χ0) is 15.7. The number of nitrogens with zero attached hydrogens (tertiary/aromatic N) is 1. The molecule has 8 heteroatoms. The van der Waals surface area contributed by atoms with Gasteiger partial charge in [0.25, 0.3) is 0 Å². The Morgan fingerprint density at radius 3 is 2.57 bits per heavy atom. The van der Waals surface area contributed by atoms with Crippen LogP contribution in [0.4, 0.5) is 0 Å². The maximum absolute atomic E-state index is 11.2. The minimum absolute atomic E-state index is 0.0179. The van der Waals surface area contributed by atoms with Crippen LogP contribution in [0.3, 0.4) is 0 Å². The third-order valence-corrected chi connectivity index (χ3v) is 3.72. The largest absolute Gasteiger partial charge is 0.480 e. The van der Waals surface area contributed by atoms with E-state index in [9.17, 15) is 9.90 Å². The number of carbonyl (C=O) groups is 1. The van der Waals surface area contributed by atoms with Crippen molar-refractivity contribution in [3.8, 4) is 0 Å². The van der Waals surface area contributed by atoms with Crippen LogP contribution in [0, 0.1) is 0 Å². The fourth-order valence-corrected chi connectivity index (χ4v) is 2.70.